The van der Waals surface area contributed by atoms with Crippen LogP contribution in [0.15, 0.2) is 18.2 Å². The third-order valence-corrected chi connectivity index (χ3v) is 5.25. The van der Waals surface area contributed by atoms with Gasteiger partial charge in [0.2, 0.25) is 0 Å². The average molecular weight is 486 g/mol. The Kier molecular flexibility index (Phi) is 6.60. The molecule has 0 radical (unpaired) electrons. The van der Waals surface area contributed by atoms with Gasteiger partial charge in [-0.15, -0.1) is 0 Å². The van der Waals surface area contributed by atoms with E-state index in [1.807, 2.05) is 0 Å². The van der Waals surface area contributed by atoms with E-state index in [0.29, 0.717) is 0 Å². The molecule has 0 amide bonds. The Labute approximate surface area is 174 Å². The van der Waals surface area contributed by atoms with Crippen molar-refractivity contribution in [3.05, 3.63) is 29.3 Å². The zero-order valence-corrected chi connectivity index (χ0v) is 18.2. The molecule has 4 nitrogen and oxygen atoms in total. The topological polar surface area (TPSA) is 63.6 Å². The lowest BCUT2D eigenvalue weighted by atomic mass is 9.81. The van der Waals surface area contributed by atoms with Crippen LogP contribution in [-0.4, -0.2) is 36.2 Å². The van der Waals surface area contributed by atoms with Crippen LogP contribution in [0, 0.1) is 0 Å². The van der Waals surface area contributed by atoms with Crippen LogP contribution in [0.4, 0.5) is 35.1 Å². The minimum absolute atomic E-state index is 0.138. The molecule has 180 valence electrons. The maximum atomic E-state index is 14.2. The van der Waals surface area contributed by atoms with Crippen LogP contribution in [0.5, 0.6) is 5.75 Å². The van der Waals surface area contributed by atoms with Crippen molar-refractivity contribution in [1.82, 2.24) is 0 Å². The van der Waals surface area contributed by atoms with E-state index in [1.54, 1.807) is 20.8 Å². The molecular weight excluding hydrogens is 464 g/mol. The van der Waals surface area contributed by atoms with Crippen molar-refractivity contribution in [2.45, 2.75) is 75.6 Å². The van der Waals surface area contributed by atoms with E-state index in [2.05, 4.69) is 4.74 Å². The molecule has 1 aromatic carbocycles. The van der Waals surface area contributed by atoms with E-state index in [0.717, 1.165) is 6.07 Å². The predicted octanol–water partition coefficient (Wildman–Crippen LogP) is 6.00. The Morgan fingerprint density at radius 1 is 0.774 bits per heavy atom. The van der Waals surface area contributed by atoms with Crippen LogP contribution in [0.1, 0.15) is 52.7 Å². The van der Waals surface area contributed by atoms with Gasteiger partial charge in [0, 0.05) is 0 Å². The van der Waals surface area contributed by atoms with Gasteiger partial charge in [0.1, 0.15) is 5.75 Å². The third kappa shape index (κ3) is 4.76. The van der Waals surface area contributed by atoms with Gasteiger partial charge in [-0.1, -0.05) is 53.7 Å². The molecule has 0 fully saturated rings. The van der Waals surface area contributed by atoms with Gasteiger partial charge < -0.3 is 4.74 Å². The Balaban J connectivity index is 3.67. The molecule has 1 rings (SSSR count). The first-order chi connectivity index (χ1) is 13.3. The summed E-state index contributed by atoms with van der Waals surface area (Å²) < 4.78 is 143. The first-order valence-electron chi connectivity index (χ1n) is 8.63. The lowest BCUT2D eigenvalue weighted by Crippen LogP contribution is -2.65. The number of hydrogen-bond donors (Lipinski definition) is 1. The van der Waals surface area contributed by atoms with Crippen LogP contribution < -0.4 is 4.74 Å². The van der Waals surface area contributed by atoms with Gasteiger partial charge in [0.25, 0.3) is 0 Å². The van der Waals surface area contributed by atoms with Crippen molar-refractivity contribution in [2.24, 2.45) is 0 Å². The van der Waals surface area contributed by atoms with Gasteiger partial charge in [0.15, 0.2) is 0 Å². The van der Waals surface area contributed by atoms with Crippen molar-refractivity contribution >= 4 is 10.1 Å². The number of ether oxygens (including phenoxy) is 1. The Hall–Kier alpha value is -1.63. The fourth-order valence-corrected chi connectivity index (χ4v) is 2.87. The molecule has 0 spiro atoms. The molecule has 0 aromatic heterocycles. The molecule has 0 unspecified atom stereocenters. The fourth-order valence-electron chi connectivity index (χ4n) is 2.42. The summed E-state index contributed by atoms with van der Waals surface area (Å²) in [7, 11) is -7.19. The molecule has 0 aliphatic carbocycles. The minimum Gasteiger partial charge on any atom is -0.428 e. The zero-order chi connectivity index (χ0) is 25.1. The Bertz CT molecular complexity index is 929. The van der Waals surface area contributed by atoms with Crippen LogP contribution in [0.25, 0.3) is 0 Å². The molecule has 0 aliphatic heterocycles. The van der Waals surface area contributed by atoms with E-state index < -0.39 is 49.9 Å². The molecule has 1 N–H and O–H groups in total. The molecule has 0 saturated carbocycles. The lowest BCUT2D eigenvalue weighted by Gasteiger charge is -2.36. The Morgan fingerprint density at radius 2 is 1.23 bits per heavy atom. The van der Waals surface area contributed by atoms with Crippen LogP contribution in [-0.2, 0) is 20.9 Å². The second-order valence-electron chi connectivity index (χ2n) is 8.97. The van der Waals surface area contributed by atoms with Crippen LogP contribution >= 0.6 is 0 Å². The molecule has 0 atom stereocenters. The summed E-state index contributed by atoms with van der Waals surface area (Å²) in [4.78, 5) is 0. The molecular formula is C18H22F8O4S. The normalized spacial score (nSPS) is 15.2. The lowest BCUT2D eigenvalue weighted by molar-refractivity contribution is -0.396. The summed E-state index contributed by atoms with van der Waals surface area (Å²) in [6.07, 6.45) is -6.30. The largest absolute Gasteiger partial charge is 0.471 e. The quantitative estimate of drug-likeness (QED) is 0.396. The third-order valence-electron chi connectivity index (χ3n) is 4.34. The predicted molar refractivity (Wildman–Crippen MR) is 95.8 cm³/mol. The number of rotatable bonds is 6. The van der Waals surface area contributed by atoms with Crippen molar-refractivity contribution < 1.29 is 52.8 Å². The van der Waals surface area contributed by atoms with E-state index in [-0.39, 0.29) is 11.1 Å². The number of hydrogen-bond acceptors (Lipinski definition) is 3. The van der Waals surface area contributed by atoms with E-state index in [4.69, 9.17) is 4.55 Å². The zero-order valence-electron chi connectivity index (χ0n) is 17.3. The first kappa shape index (κ1) is 27.4. The van der Waals surface area contributed by atoms with Gasteiger partial charge in [-0.2, -0.15) is 43.5 Å². The molecule has 13 heteroatoms. The fraction of sp³-hybridized carbons (Fsp3) is 0.667. The monoisotopic (exact) mass is 486 g/mol. The number of benzene rings is 1. The molecule has 1 aromatic rings. The maximum absolute atomic E-state index is 14.2. The molecule has 31 heavy (non-hydrogen) atoms. The highest BCUT2D eigenvalue weighted by atomic mass is 32.2. The average Bonchev–Trinajstić information content (AvgIpc) is 2.50. The summed E-state index contributed by atoms with van der Waals surface area (Å²) >= 11 is 0. The molecule has 0 saturated heterocycles. The number of alkyl halides is 8. The second kappa shape index (κ2) is 7.46. The minimum atomic E-state index is -7.24. The summed E-state index contributed by atoms with van der Waals surface area (Å²) in [5.41, 5.74) is -1.63. The van der Waals surface area contributed by atoms with E-state index in [1.165, 1.54) is 32.9 Å². The maximum Gasteiger partial charge on any atom is 0.471 e. The van der Waals surface area contributed by atoms with Crippen molar-refractivity contribution in [3.63, 3.8) is 0 Å². The highest BCUT2D eigenvalue weighted by Gasteiger charge is 2.86. The van der Waals surface area contributed by atoms with Gasteiger partial charge in [-0.05, 0) is 28.0 Å². The van der Waals surface area contributed by atoms with Gasteiger partial charge in [-0.3, -0.25) is 4.55 Å². The Morgan fingerprint density at radius 3 is 1.58 bits per heavy atom. The van der Waals surface area contributed by atoms with Crippen molar-refractivity contribution in [3.8, 4) is 5.75 Å². The van der Waals surface area contributed by atoms with Gasteiger partial charge in [0.05, 0.1) is 0 Å². The van der Waals surface area contributed by atoms with Gasteiger partial charge in [-0.25, -0.2) is 0 Å². The van der Waals surface area contributed by atoms with Crippen LogP contribution in [0.2, 0.25) is 0 Å². The SMILES string of the molecule is CC(C)(C)c1ccc(C(C)(C)C)c(OC(F)(F)C(F)(F)C(F)(F)C(F)(F)S(=O)(=O)O)c1. The van der Waals surface area contributed by atoms with E-state index >= 15 is 0 Å². The van der Waals surface area contributed by atoms with Crippen LogP contribution in [0.3, 0.4) is 0 Å². The second-order valence-corrected chi connectivity index (χ2v) is 10.4. The van der Waals surface area contributed by atoms with Crippen molar-refractivity contribution in [2.75, 3.05) is 0 Å². The number of halogens is 8. The molecule has 0 aliphatic rings. The highest BCUT2D eigenvalue weighted by Crippen LogP contribution is 2.55. The first-order valence-corrected chi connectivity index (χ1v) is 10.1. The molecule has 0 heterocycles. The summed E-state index contributed by atoms with van der Waals surface area (Å²) in [5.74, 6) is -15.3. The molecule has 0 bridgehead atoms. The van der Waals surface area contributed by atoms with E-state index in [9.17, 15) is 43.5 Å². The summed E-state index contributed by atoms with van der Waals surface area (Å²) in [6, 6.07) is 3.57. The smallest absolute Gasteiger partial charge is 0.428 e. The highest BCUT2D eigenvalue weighted by molar-refractivity contribution is 7.87. The standard InChI is InChI=1S/C18H22F8O4S/c1-13(2,3)10-7-8-11(14(4,5)6)12(9-10)30-17(23,24)15(19,20)16(21,22)18(25,26)31(27,28)29/h7-9H,1-6H3,(H,27,28,29). The summed E-state index contributed by atoms with van der Waals surface area (Å²) in [5, 5.41) is -6.93. The van der Waals surface area contributed by atoms with Crippen molar-refractivity contribution in [1.29, 1.82) is 0 Å². The van der Waals surface area contributed by atoms with Gasteiger partial charge >= 0.3 is 33.3 Å². The summed E-state index contributed by atoms with van der Waals surface area (Å²) in [6.45, 7) is 9.25.